The number of carbonyl (C=O) groups is 1. The Morgan fingerprint density at radius 3 is 2.58 bits per heavy atom. The Morgan fingerprint density at radius 2 is 1.92 bits per heavy atom. The summed E-state index contributed by atoms with van der Waals surface area (Å²) in [5, 5.41) is 14.2. The van der Waals surface area contributed by atoms with E-state index >= 15 is 0 Å². The molecule has 0 unspecified atom stereocenters. The summed E-state index contributed by atoms with van der Waals surface area (Å²) in [6.45, 7) is 2.15. The highest BCUT2D eigenvalue weighted by Gasteiger charge is 2.18. The highest BCUT2D eigenvalue weighted by Crippen LogP contribution is 2.42. The molecule has 1 N–H and O–H groups in total. The summed E-state index contributed by atoms with van der Waals surface area (Å²) < 4.78 is 14.0. The molecule has 8 nitrogen and oxygen atoms in total. The highest BCUT2D eigenvalue weighted by atomic mass is 79.9. The van der Waals surface area contributed by atoms with Gasteiger partial charge in [0.1, 0.15) is 17.5 Å². The van der Waals surface area contributed by atoms with Crippen LogP contribution in [0.5, 0.6) is 11.5 Å². The van der Waals surface area contributed by atoms with Crippen LogP contribution in [0.3, 0.4) is 0 Å². The van der Waals surface area contributed by atoms with E-state index in [1.807, 2.05) is 13.0 Å². The lowest BCUT2D eigenvalue weighted by Crippen LogP contribution is -2.22. The van der Waals surface area contributed by atoms with Crippen LogP contribution in [0.2, 0.25) is 5.02 Å². The van der Waals surface area contributed by atoms with Crippen LogP contribution >= 0.6 is 43.5 Å². The molecule has 0 amide bonds. The van der Waals surface area contributed by atoms with Gasteiger partial charge in [0.05, 0.1) is 29.8 Å². The van der Waals surface area contributed by atoms with Gasteiger partial charge >= 0.3 is 5.97 Å². The average molecular weight is 664 g/mol. The summed E-state index contributed by atoms with van der Waals surface area (Å²) in [5.74, 6) is 0.219. The molecule has 3 aromatic carbocycles. The number of methoxy groups -OCH3 is 1. The molecule has 0 saturated heterocycles. The molecule has 0 fully saturated rings. The van der Waals surface area contributed by atoms with Gasteiger partial charge in [0.15, 0.2) is 11.5 Å². The van der Waals surface area contributed by atoms with E-state index in [2.05, 4.69) is 41.9 Å². The maximum Gasteiger partial charge on any atom is 0.335 e. The summed E-state index contributed by atoms with van der Waals surface area (Å²) in [7, 11) is 1.49. The Labute approximate surface area is 240 Å². The van der Waals surface area contributed by atoms with Crippen molar-refractivity contribution in [2.24, 2.45) is 5.10 Å². The molecule has 0 atom stereocenters. The second-order valence-electron chi connectivity index (χ2n) is 8.22. The van der Waals surface area contributed by atoms with Gasteiger partial charge in [0, 0.05) is 20.9 Å². The van der Waals surface area contributed by atoms with Crippen molar-refractivity contribution in [3.63, 3.8) is 0 Å². The molecule has 4 rings (SSSR count). The summed E-state index contributed by atoms with van der Waals surface area (Å²) >= 11 is 13.5. The standard InChI is InChI=1S/C27H22Br2ClN3O5/c1-3-4-22-32-20-10-9-18(28)12-19(20)26(34)33(22)31-13-17-11-21(37-2)25(24(30)23(17)29)38-14-15-5-7-16(8-6-15)27(35)36/h5-13H,3-4,14H2,1-2H3,(H,35,36). The molecule has 0 bridgehead atoms. The van der Waals surface area contributed by atoms with Crippen molar-refractivity contribution in [3.8, 4) is 11.5 Å². The lowest BCUT2D eigenvalue weighted by molar-refractivity contribution is 0.0697. The molecule has 0 radical (unpaired) electrons. The van der Waals surface area contributed by atoms with Crippen molar-refractivity contribution in [1.82, 2.24) is 9.66 Å². The zero-order chi connectivity index (χ0) is 27.4. The van der Waals surface area contributed by atoms with E-state index in [1.165, 1.54) is 30.1 Å². The van der Waals surface area contributed by atoms with Crippen LogP contribution in [0, 0.1) is 0 Å². The molecule has 4 aromatic rings. The Hall–Kier alpha value is -3.21. The zero-order valence-corrected chi connectivity index (χ0v) is 24.3. The fraction of sp³-hybridized carbons (Fsp3) is 0.185. The summed E-state index contributed by atoms with van der Waals surface area (Å²) in [6.07, 6.45) is 2.88. The van der Waals surface area contributed by atoms with Crippen molar-refractivity contribution in [2.75, 3.05) is 7.11 Å². The first-order valence-corrected chi connectivity index (χ1v) is 13.5. The number of fused-ring (bicyclic) bond motifs is 1. The molecule has 38 heavy (non-hydrogen) atoms. The van der Waals surface area contributed by atoms with E-state index in [9.17, 15) is 9.59 Å². The number of carboxylic acids is 1. The third kappa shape index (κ3) is 5.92. The number of rotatable bonds is 9. The smallest absolute Gasteiger partial charge is 0.335 e. The number of benzene rings is 3. The largest absolute Gasteiger partial charge is 0.493 e. The van der Waals surface area contributed by atoms with Gasteiger partial charge in [-0.2, -0.15) is 9.78 Å². The third-order valence-corrected chi connectivity index (χ3v) is 7.56. The van der Waals surface area contributed by atoms with Gasteiger partial charge in [-0.05, 0) is 64.3 Å². The predicted octanol–water partition coefficient (Wildman–Crippen LogP) is 6.70. The predicted molar refractivity (Wildman–Crippen MR) is 154 cm³/mol. The number of ether oxygens (including phenoxy) is 2. The number of aromatic carboxylic acids is 1. The van der Waals surface area contributed by atoms with Gasteiger partial charge in [0.25, 0.3) is 5.56 Å². The van der Waals surface area contributed by atoms with Crippen LogP contribution in [0.4, 0.5) is 0 Å². The Morgan fingerprint density at radius 1 is 1.18 bits per heavy atom. The number of hydrogen-bond acceptors (Lipinski definition) is 6. The molecular formula is C27H22Br2ClN3O5. The van der Waals surface area contributed by atoms with Crippen LogP contribution in [-0.4, -0.2) is 34.1 Å². The molecular weight excluding hydrogens is 642 g/mol. The lowest BCUT2D eigenvalue weighted by Gasteiger charge is -2.15. The van der Waals surface area contributed by atoms with E-state index in [0.29, 0.717) is 44.7 Å². The van der Waals surface area contributed by atoms with E-state index in [4.69, 9.17) is 26.2 Å². The van der Waals surface area contributed by atoms with E-state index in [1.54, 1.807) is 30.3 Å². The molecule has 0 aliphatic rings. The number of nitrogens with zero attached hydrogens (tertiary/aromatic N) is 3. The maximum atomic E-state index is 13.3. The molecule has 1 heterocycles. The fourth-order valence-corrected chi connectivity index (χ4v) is 4.72. The minimum absolute atomic E-state index is 0.143. The molecule has 196 valence electrons. The first kappa shape index (κ1) is 27.8. The Balaban J connectivity index is 1.68. The minimum atomic E-state index is -1.00. The van der Waals surface area contributed by atoms with Gasteiger partial charge < -0.3 is 14.6 Å². The van der Waals surface area contributed by atoms with Crippen LogP contribution in [0.1, 0.15) is 40.7 Å². The third-order valence-electron chi connectivity index (χ3n) is 5.62. The van der Waals surface area contributed by atoms with Crippen LogP contribution < -0.4 is 15.0 Å². The fourth-order valence-electron chi connectivity index (χ4n) is 3.70. The summed E-state index contributed by atoms with van der Waals surface area (Å²) in [6, 6.07) is 13.4. The van der Waals surface area contributed by atoms with Crippen molar-refractivity contribution in [2.45, 2.75) is 26.4 Å². The van der Waals surface area contributed by atoms with Crippen molar-refractivity contribution in [1.29, 1.82) is 0 Å². The number of carboxylic acid groups (broad SMARTS) is 1. The monoisotopic (exact) mass is 661 g/mol. The number of halogens is 3. The van der Waals surface area contributed by atoms with Crippen molar-refractivity contribution in [3.05, 3.63) is 95.4 Å². The summed E-state index contributed by atoms with van der Waals surface area (Å²) in [4.78, 5) is 29.0. The molecule has 0 saturated carbocycles. The number of aryl methyl sites for hydroxylation is 1. The van der Waals surface area contributed by atoms with Crippen molar-refractivity contribution >= 4 is 66.5 Å². The quantitative estimate of drug-likeness (QED) is 0.200. The first-order valence-electron chi connectivity index (χ1n) is 11.5. The van der Waals surface area contributed by atoms with Gasteiger partial charge in [-0.1, -0.05) is 46.6 Å². The molecule has 1 aromatic heterocycles. The normalized spacial score (nSPS) is 11.3. The Bertz CT molecular complexity index is 1600. The SMILES string of the molecule is CCCc1nc2ccc(Br)cc2c(=O)n1N=Cc1cc(OC)c(OCc2ccc(C(=O)O)cc2)c(Cl)c1Br. The molecule has 11 heteroatoms. The van der Waals surface area contributed by atoms with Gasteiger partial charge in [-0.3, -0.25) is 4.79 Å². The Kier molecular flexibility index (Phi) is 8.86. The summed E-state index contributed by atoms with van der Waals surface area (Å²) in [5.41, 5.74) is 1.84. The molecule has 0 aliphatic heterocycles. The topological polar surface area (TPSA) is 103 Å². The lowest BCUT2D eigenvalue weighted by atomic mass is 10.1. The second kappa shape index (κ2) is 12.1. The van der Waals surface area contributed by atoms with Crippen LogP contribution in [0.25, 0.3) is 10.9 Å². The van der Waals surface area contributed by atoms with Gasteiger partial charge in [-0.25, -0.2) is 9.78 Å². The van der Waals surface area contributed by atoms with Crippen LogP contribution in [0.15, 0.2) is 67.4 Å². The highest BCUT2D eigenvalue weighted by molar-refractivity contribution is 9.10. The van der Waals surface area contributed by atoms with Crippen LogP contribution in [-0.2, 0) is 13.0 Å². The van der Waals surface area contributed by atoms with Gasteiger partial charge in [0.2, 0.25) is 0 Å². The second-order valence-corrected chi connectivity index (χ2v) is 10.3. The average Bonchev–Trinajstić information content (AvgIpc) is 2.90. The van der Waals surface area contributed by atoms with E-state index < -0.39 is 5.97 Å². The van der Waals surface area contributed by atoms with E-state index in [-0.39, 0.29) is 22.8 Å². The first-order chi connectivity index (χ1) is 18.2. The van der Waals surface area contributed by atoms with E-state index in [0.717, 1.165) is 16.5 Å². The maximum absolute atomic E-state index is 13.3. The molecule has 0 spiro atoms. The zero-order valence-electron chi connectivity index (χ0n) is 20.4. The molecule has 0 aliphatic carbocycles. The van der Waals surface area contributed by atoms with Gasteiger partial charge in [-0.15, -0.1) is 0 Å². The number of aromatic nitrogens is 2. The minimum Gasteiger partial charge on any atom is -0.493 e. The van der Waals surface area contributed by atoms with Crippen molar-refractivity contribution < 1.29 is 19.4 Å². The number of hydrogen-bond donors (Lipinski definition) is 1.